The summed E-state index contributed by atoms with van der Waals surface area (Å²) in [7, 11) is 1.57. The maximum Gasteiger partial charge on any atom is 0.326 e. The van der Waals surface area contributed by atoms with Gasteiger partial charge in [-0.3, -0.25) is 4.79 Å². The van der Waals surface area contributed by atoms with Gasteiger partial charge in [-0.25, -0.2) is 9.78 Å². The minimum atomic E-state index is -0.997. The monoisotopic (exact) mass is 372 g/mol. The normalized spacial score (nSPS) is 15.8. The third-order valence-corrected chi connectivity index (χ3v) is 6.36. The van der Waals surface area contributed by atoms with Crippen LogP contribution in [0.2, 0.25) is 0 Å². The van der Waals surface area contributed by atoms with Crippen LogP contribution in [0.4, 0.5) is 0 Å². The summed E-state index contributed by atoms with van der Waals surface area (Å²) in [6.07, 6.45) is 4.96. The lowest BCUT2D eigenvalue weighted by Gasteiger charge is -2.24. The quantitative estimate of drug-likeness (QED) is 0.835. The first-order chi connectivity index (χ1) is 12.5. The van der Waals surface area contributed by atoms with Crippen LogP contribution in [0.5, 0.6) is 0 Å². The van der Waals surface area contributed by atoms with Crippen molar-refractivity contribution in [1.29, 1.82) is 0 Å². The zero-order valence-corrected chi connectivity index (χ0v) is 16.0. The molecule has 1 unspecified atom stereocenters. The molecule has 26 heavy (non-hydrogen) atoms. The molecule has 1 heterocycles. The van der Waals surface area contributed by atoms with Crippen molar-refractivity contribution in [2.24, 2.45) is 0 Å². The molecule has 1 aromatic carbocycles. The Morgan fingerprint density at radius 3 is 2.54 bits per heavy atom. The van der Waals surface area contributed by atoms with Gasteiger partial charge in [-0.2, -0.15) is 0 Å². The Morgan fingerprint density at radius 1 is 1.27 bits per heavy atom. The van der Waals surface area contributed by atoms with Crippen LogP contribution in [0.1, 0.15) is 57.5 Å². The second kappa shape index (κ2) is 7.99. The van der Waals surface area contributed by atoms with Crippen molar-refractivity contribution in [3.05, 3.63) is 51.5 Å². The van der Waals surface area contributed by atoms with Gasteiger partial charge in [0.2, 0.25) is 0 Å². The molecule has 1 aliphatic rings. The van der Waals surface area contributed by atoms with Crippen LogP contribution < -0.4 is 0 Å². The van der Waals surface area contributed by atoms with Crippen molar-refractivity contribution >= 4 is 23.2 Å². The van der Waals surface area contributed by atoms with Gasteiger partial charge in [-0.1, -0.05) is 43.2 Å². The molecule has 1 amide bonds. The van der Waals surface area contributed by atoms with Gasteiger partial charge in [0.25, 0.3) is 5.91 Å². The maximum atomic E-state index is 13.0. The van der Waals surface area contributed by atoms with Crippen molar-refractivity contribution in [1.82, 2.24) is 9.88 Å². The summed E-state index contributed by atoms with van der Waals surface area (Å²) >= 11 is 1.43. The van der Waals surface area contributed by atoms with Gasteiger partial charge in [0.15, 0.2) is 0 Å². The summed E-state index contributed by atoms with van der Waals surface area (Å²) in [5, 5.41) is 10.7. The van der Waals surface area contributed by atoms with E-state index >= 15 is 0 Å². The van der Waals surface area contributed by atoms with Crippen LogP contribution in [-0.2, 0) is 11.2 Å². The maximum absolute atomic E-state index is 13.0. The molecule has 0 aliphatic heterocycles. The fourth-order valence-corrected chi connectivity index (χ4v) is 4.71. The number of carbonyl (C=O) groups excluding carboxylic acids is 1. The number of carbonyl (C=O) groups is 2. The first kappa shape index (κ1) is 18.6. The van der Waals surface area contributed by atoms with E-state index in [0.717, 1.165) is 23.4 Å². The molecule has 2 aromatic rings. The van der Waals surface area contributed by atoms with Gasteiger partial charge in [0, 0.05) is 19.4 Å². The van der Waals surface area contributed by atoms with Gasteiger partial charge in [-0.05, 0) is 25.3 Å². The van der Waals surface area contributed by atoms with E-state index in [2.05, 4.69) is 4.98 Å². The third-order valence-electron chi connectivity index (χ3n) is 5.06. The Morgan fingerprint density at radius 2 is 1.92 bits per heavy atom. The Bertz CT molecular complexity index is 782. The van der Waals surface area contributed by atoms with E-state index in [-0.39, 0.29) is 12.3 Å². The summed E-state index contributed by atoms with van der Waals surface area (Å²) in [4.78, 5) is 31.3. The van der Waals surface area contributed by atoms with Crippen molar-refractivity contribution in [3.63, 3.8) is 0 Å². The third kappa shape index (κ3) is 3.96. The van der Waals surface area contributed by atoms with E-state index in [1.54, 1.807) is 7.05 Å². The molecule has 0 saturated heterocycles. The highest BCUT2D eigenvalue weighted by molar-refractivity contribution is 7.13. The standard InChI is InChI=1S/C20H24N2O3S/c1-13-17(26-18(21-13)15-10-6-7-11-15)19(23)22(2)16(20(24)25)12-14-8-4-3-5-9-14/h3-5,8-9,15-16H,6-7,10-12H2,1-2H3,(H,24,25). The number of aryl methyl sites for hydroxylation is 1. The fourth-order valence-electron chi connectivity index (χ4n) is 3.49. The summed E-state index contributed by atoms with van der Waals surface area (Å²) in [6, 6.07) is 8.49. The molecule has 6 heteroatoms. The van der Waals surface area contributed by atoms with Crippen LogP contribution in [0.3, 0.4) is 0 Å². The second-order valence-corrected chi connectivity index (χ2v) is 7.94. The van der Waals surface area contributed by atoms with Crippen LogP contribution in [0.15, 0.2) is 30.3 Å². The summed E-state index contributed by atoms with van der Waals surface area (Å²) in [6.45, 7) is 1.84. The lowest BCUT2D eigenvalue weighted by atomic mass is 10.0. The largest absolute Gasteiger partial charge is 0.480 e. The van der Waals surface area contributed by atoms with E-state index in [9.17, 15) is 14.7 Å². The number of aliphatic carboxylic acids is 1. The van der Waals surface area contributed by atoms with Crippen LogP contribution in [-0.4, -0.2) is 40.0 Å². The molecule has 138 valence electrons. The molecular formula is C20H24N2O3S. The zero-order chi connectivity index (χ0) is 18.7. The number of likely N-dealkylation sites (N-methyl/N-ethyl adjacent to an activating group) is 1. The van der Waals surface area contributed by atoms with E-state index in [1.807, 2.05) is 37.3 Å². The molecule has 0 radical (unpaired) electrons. The van der Waals surface area contributed by atoms with Crippen molar-refractivity contribution in [2.75, 3.05) is 7.05 Å². The highest BCUT2D eigenvalue weighted by Crippen LogP contribution is 2.37. The number of aromatic nitrogens is 1. The molecule has 5 nitrogen and oxygen atoms in total. The molecule has 1 aliphatic carbocycles. The van der Waals surface area contributed by atoms with E-state index in [1.165, 1.54) is 29.1 Å². The summed E-state index contributed by atoms with van der Waals surface area (Å²) < 4.78 is 0. The summed E-state index contributed by atoms with van der Waals surface area (Å²) in [5.41, 5.74) is 1.60. The molecule has 3 rings (SSSR count). The van der Waals surface area contributed by atoms with E-state index in [4.69, 9.17) is 0 Å². The minimum Gasteiger partial charge on any atom is -0.480 e. The van der Waals surface area contributed by atoms with Crippen molar-refractivity contribution in [2.45, 2.75) is 51.0 Å². The average Bonchev–Trinajstić information content (AvgIpc) is 3.28. The molecule has 1 fully saturated rings. The Kier molecular flexibility index (Phi) is 5.71. The summed E-state index contributed by atoms with van der Waals surface area (Å²) in [5.74, 6) is -0.805. The number of benzene rings is 1. The topological polar surface area (TPSA) is 70.5 Å². The number of thiazole rings is 1. The number of carboxylic acids is 1. The highest BCUT2D eigenvalue weighted by Gasteiger charge is 2.31. The number of rotatable bonds is 6. The number of carboxylic acid groups (broad SMARTS) is 1. The van der Waals surface area contributed by atoms with Gasteiger partial charge in [-0.15, -0.1) is 11.3 Å². The number of amides is 1. The first-order valence-electron chi connectivity index (χ1n) is 8.98. The van der Waals surface area contributed by atoms with Crippen LogP contribution in [0.25, 0.3) is 0 Å². The predicted molar refractivity (Wildman–Crippen MR) is 102 cm³/mol. The SMILES string of the molecule is Cc1nc(C2CCCC2)sc1C(=O)N(C)C(Cc1ccccc1)C(=O)O. The Hall–Kier alpha value is -2.21. The van der Waals surface area contributed by atoms with Crippen LogP contribution in [0, 0.1) is 6.92 Å². The Labute approximate surface area is 157 Å². The fraction of sp³-hybridized carbons (Fsp3) is 0.450. The molecule has 1 atom stereocenters. The molecular weight excluding hydrogens is 348 g/mol. The molecule has 0 bridgehead atoms. The second-order valence-electron chi connectivity index (χ2n) is 6.91. The zero-order valence-electron chi connectivity index (χ0n) is 15.1. The highest BCUT2D eigenvalue weighted by atomic mass is 32.1. The number of hydrogen-bond acceptors (Lipinski definition) is 4. The predicted octanol–water partition coefficient (Wildman–Crippen LogP) is 3.88. The number of nitrogens with zero attached hydrogens (tertiary/aromatic N) is 2. The van der Waals surface area contributed by atoms with E-state index < -0.39 is 12.0 Å². The lowest BCUT2D eigenvalue weighted by molar-refractivity contribution is -0.141. The lowest BCUT2D eigenvalue weighted by Crippen LogP contribution is -2.43. The van der Waals surface area contributed by atoms with Gasteiger partial charge < -0.3 is 10.0 Å². The van der Waals surface area contributed by atoms with Gasteiger partial charge in [0.1, 0.15) is 10.9 Å². The number of hydrogen-bond donors (Lipinski definition) is 1. The Balaban J connectivity index is 1.79. The van der Waals surface area contributed by atoms with E-state index in [0.29, 0.717) is 16.5 Å². The van der Waals surface area contributed by atoms with Crippen molar-refractivity contribution < 1.29 is 14.7 Å². The smallest absolute Gasteiger partial charge is 0.326 e. The van der Waals surface area contributed by atoms with Gasteiger partial charge >= 0.3 is 5.97 Å². The van der Waals surface area contributed by atoms with Crippen molar-refractivity contribution in [3.8, 4) is 0 Å². The molecule has 1 saturated carbocycles. The minimum absolute atomic E-state index is 0.257. The molecule has 1 N–H and O–H groups in total. The first-order valence-corrected chi connectivity index (χ1v) is 9.80. The van der Waals surface area contributed by atoms with Crippen LogP contribution >= 0.6 is 11.3 Å². The molecule has 0 spiro atoms. The average molecular weight is 372 g/mol. The van der Waals surface area contributed by atoms with Gasteiger partial charge in [0.05, 0.1) is 10.7 Å². The molecule has 1 aromatic heterocycles.